The van der Waals surface area contributed by atoms with Gasteiger partial charge in [-0.3, -0.25) is 9.91 Å². The molecule has 1 aliphatic rings. The highest BCUT2D eigenvalue weighted by Crippen LogP contribution is 2.13. The highest BCUT2D eigenvalue weighted by molar-refractivity contribution is 5.34. The molecule has 0 saturated carbocycles. The Morgan fingerprint density at radius 2 is 1.38 bits per heavy atom. The maximum atomic E-state index is 4.33. The van der Waals surface area contributed by atoms with E-state index in [9.17, 15) is 0 Å². The number of piperazine rings is 1. The first kappa shape index (κ1) is 13.8. The second-order valence-corrected chi connectivity index (χ2v) is 5.24. The van der Waals surface area contributed by atoms with Crippen molar-refractivity contribution >= 4 is 5.69 Å². The van der Waals surface area contributed by atoms with Gasteiger partial charge in [-0.25, -0.2) is 0 Å². The van der Waals surface area contributed by atoms with E-state index < -0.39 is 0 Å². The second kappa shape index (κ2) is 6.99. The molecule has 4 nitrogen and oxygen atoms in total. The Morgan fingerprint density at radius 3 is 2.05 bits per heavy atom. The smallest absolute Gasteiger partial charge is 0.0874 e. The van der Waals surface area contributed by atoms with Crippen LogP contribution in [0.1, 0.15) is 5.56 Å². The SMILES string of the molecule is c1ccc(CN2CCN(N=Nc3ccccc3)CC2)cc1. The summed E-state index contributed by atoms with van der Waals surface area (Å²) in [5.41, 5.74) is 2.28. The van der Waals surface area contributed by atoms with Gasteiger partial charge >= 0.3 is 0 Å². The molecule has 0 amide bonds. The molecule has 1 heterocycles. The van der Waals surface area contributed by atoms with Crippen LogP contribution in [0, 0.1) is 0 Å². The van der Waals surface area contributed by atoms with Crippen LogP contribution in [0.4, 0.5) is 5.69 Å². The van der Waals surface area contributed by atoms with Crippen molar-refractivity contribution in [3.63, 3.8) is 0 Å². The Labute approximate surface area is 125 Å². The van der Waals surface area contributed by atoms with Crippen LogP contribution in [0.2, 0.25) is 0 Å². The summed E-state index contributed by atoms with van der Waals surface area (Å²) in [6, 6.07) is 20.5. The Kier molecular flexibility index (Phi) is 4.59. The lowest BCUT2D eigenvalue weighted by Crippen LogP contribution is -2.43. The lowest BCUT2D eigenvalue weighted by molar-refractivity contribution is 0.124. The van der Waals surface area contributed by atoms with Crippen molar-refractivity contribution in [2.45, 2.75) is 6.54 Å². The highest BCUT2D eigenvalue weighted by atomic mass is 15.6. The highest BCUT2D eigenvalue weighted by Gasteiger charge is 2.15. The van der Waals surface area contributed by atoms with E-state index in [2.05, 4.69) is 50.6 Å². The van der Waals surface area contributed by atoms with E-state index in [4.69, 9.17) is 0 Å². The summed E-state index contributed by atoms with van der Waals surface area (Å²) < 4.78 is 0. The van der Waals surface area contributed by atoms with Gasteiger partial charge in [-0.1, -0.05) is 53.8 Å². The monoisotopic (exact) mass is 280 g/mol. The second-order valence-electron chi connectivity index (χ2n) is 5.24. The van der Waals surface area contributed by atoms with Crippen LogP contribution in [-0.2, 0) is 6.54 Å². The first-order valence-corrected chi connectivity index (χ1v) is 7.38. The van der Waals surface area contributed by atoms with Crippen molar-refractivity contribution in [1.82, 2.24) is 9.91 Å². The van der Waals surface area contributed by atoms with Crippen LogP contribution in [0.5, 0.6) is 0 Å². The molecule has 21 heavy (non-hydrogen) atoms. The minimum absolute atomic E-state index is 0.907. The molecule has 2 aromatic carbocycles. The summed E-state index contributed by atoms with van der Waals surface area (Å²) in [5, 5.41) is 10.6. The standard InChI is InChI=1S/C17H20N4/c1-3-7-16(8-4-1)15-20-11-13-21(14-12-20)19-18-17-9-5-2-6-10-17/h1-10H,11-15H2. The molecule has 0 radical (unpaired) electrons. The molecule has 0 aliphatic carbocycles. The molecular weight excluding hydrogens is 260 g/mol. The van der Waals surface area contributed by atoms with Gasteiger partial charge in [-0.05, 0) is 17.7 Å². The maximum Gasteiger partial charge on any atom is 0.0874 e. The van der Waals surface area contributed by atoms with Crippen molar-refractivity contribution in [3.8, 4) is 0 Å². The summed E-state index contributed by atoms with van der Waals surface area (Å²) in [4.78, 5) is 2.46. The van der Waals surface area contributed by atoms with Gasteiger partial charge in [-0.15, -0.1) is 5.11 Å². The van der Waals surface area contributed by atoms with Gasteiger partial charge in [0.1, 0.15) is 0 Å². The number of hydrogen-bond acceptors (Lipinski definition) is 3. The molecule has 3 rings (SSSR count). The van der Waals surface area contributed by atoms with E-state index >= 15 is 0 Å². The van der Waals surface area contributed by atoms with Crippen LogP contribution < -0.4 is 0 Å². The molecule has 0 atom stereocenters. The predicted molar refractivity (Wildman–Crippen MR) is 84.3 cm³/mol. The van der Waals surface area contributed by atoms with Gasteiger partial charge in [0, 0.05) is 19.6 Å². The summed E-state index contributed by atoms with van der Waals surface area (Å²) in [6.07, 6.45) is 0. The van der Waals surface area contributed by atoms with Gasteiger partial charge in [0.2, 0.25) is 0 Å². The van der Waals surface area contributed by atoms with Crippen molar-refractivity contribution in [3.05, 3.63) is 66.2 Å². The van der Waals surface area contributed by atoms with Crippen molar-refractivity contribution in [2.75, 3.05) is 26.2 Å². The molecule has 0 aromatic heterocycles. The lowest BCUT2D eigenvalue weighted by Gasteiger charge is -2.32. The van der Waals surface area contributed by atoms with E-state index in [-0.39, 0.29) is 0 Å². The van der Waals surface area contributed by atoms with E-state index in [1.54, 1.807) is 0 Å². The minimum atomic E-state index is 0.907. The number of rotatable bonds is 4. The molecule has 0 bridgehead atoms. The molecule has 108 valence electrons. The Hall–Kier alpha value is -2.20. The fraction of sp³-hybridized carbons (Fsp3) is 0.294. The van der Waals surface area contributed by atoms with Crippen molar-refractivity contribution < 1.29 is 0 Å². The molecular formula is C17H20N4. The molecule has 2 aromatic rings. The van der Waals surface area contributed by atoms with Gasteiger partial charge in [0.25, 0.3) is 0 Å². The molecule has 0 unspecified atom stereocenters. The van der Waals surface area contributed by atoms with Crippen LogP contribution >= 0.6 is 0 Å². The molecule has 4 heteroatoms. The third-order valence-electron chi connectivity index (χ3n) is 3.64. The average Bonchev–Trinajstić information content (AvgIpc) is 2.56. The molecule has 1 fully saturated rings. The lowest BCUT2D eigenvalue weighted by atomic mass is 10.2. The largest absolute Gasteiger partial charge is 0.295 e. The fourth-order valence-corrected chi connectivity index (χ4v) is 2.44. The number of nitrogens with zero attached hydrogens (tertiary/aromatic N) is 4. The van der Waals surface area contributed by atoms with E-state index in [0.29, 0.717) is 0 Å². The van der Waals surface area contributed by atoms with E-state index in [0.717, 1.165) is 38.4 Å². The zero-order chi connectivity index (χ0) is 14.3. The summed E-state index contributed by atoms with van der Waals surface area (Å²) >= 11 is 0. The molecule has 0 N–H and O–H groups in total. The minimum Gasteiger partial charge on any atom is -0.295 e. The van der Waals surface area contributed by atoms with Gasteiger partial charge in [0.15, 0.2) is 0 Å². The van der Waals surface area contributed by atoms with Crippen molar-refractivity contribution in [2.24, 2.45) is 10.3 Å². The third-order valence-corrected chi connectivity index (χ3v) is 3.64. The predicted octanol–water partition coefficient (Wildman–Crippen LogP) is 3.50. The normalized spacial score (nSPS) is 16.5. The van der Waals surface area contributed by atoms with Gasteiger partial charge in [0.05, 0.1) is 18.8 Å². The maximum absolute atomic E-state index is 4.33. The van der Waals surface area contributed by atoms with Crippen molar-refractivity contribution in [1.29, 1.82) is 0 Å². The van der Waals surface area contributed by atoms with Crippen LogP contribution in [0.3, 0.4) is 0 Å². The first-order chi connectivity index (χ1) is 10.4. The summed E-state index contributed by atoms with van der Waals surface area (Å²) in [7, 11) is 0. The topological polar surface area (TPSA) is 31.2 Å². The third kappa shape index (κ3) is 4.13. The molecule has 1 saturated heterocycles. The molecule has 1 aliphatic heterocycles. The average molecular weight is 280 g/mol. The van der Waals surface area contributed by atoms with Crippen LogP contribution in [0.15, 0.2) is 71.0 Å². The quantitative estimate of drug-likeness (QED) is 0.803. The summed E-state index contributed by atoms with van der Waals surface area (Å²) in [5.74, 6) is 0. The first-order valence-electron chi connectivity index (χ1n) is 7.38. The van der Waals surface area contributed by atoms with Crippen LogP contribution in [-0.4, -0.2) is 36.1 Å². The van der Waals surface area contributed by atoms with E-state index in [1.165, 1.54) is 5.56 Å². The zero-order valence-electron chi connectivity index (χ0n) is 12.1. The summed E-state index contributed by atoms with van der Waals surface area (Å²) in [6.45, 7) is 4.95. The van der Waals surface area contributed by atoms with Gasteiger partial charge < -0.3 is 0 Å². The number of hydrogen-bond donors (Lipinski definition) is 0. The number of benzene rings is 2. The Balaban J connectivity index is 1.48. The Morgan fingerprint density at radius 1 is 0.762 bits per heavy atom. The Bertz CT molecular complexity index is 560. The molecule has 0 spiro atoms. The van der Waals surface area contributed by atoms with Crippen LogP contribution in [0.25, 0.3) is 0 Å². The zero-order valence-corrected chi connectivity index (χ0v) is 12.1. The van der Waals surface area contributed by atoms with E-state index in [1.807, 2.05) is 30.3 Å². The van der Waals surface area contributed by atoms with Gasteiger partial charge in [-0.2, -0.15) is 0 Å². The fourth-order valence-electron chi connectivity index (χ4n) is 2.44.